The lowest BCUT2D eigenvalue weighted by molar-refractivity contribution is 1.26. The van der Waals surface area contributed by atoms with E-state index in [1.165, 1.54) is 27.8 Å². The minimum atomic E-state index is 1.10. The molecule has 0 aliphatic heterocycles. The van der Waals surface area contributed by atoms with Gasteiger partial charge in [-0.3, -0.25) is 0 Å². The van der Waals surface area contributed by atoms with E-state index < -0.39 is 0 Å². The topological polar surface area (TPSA) is 0 Å². The highest BCUT2D eigenvalue weighted by atomic mass is 14.2. The second-order valence-corrected chi connectivity index (χ2v) is 3.99. The molecule has 1 aliphatic rings. The largest absolute Gasteiger partial charge is 0.0683 e. The van der Waals surface area contributed by atoms with E-state index in [0.29, 0.717) is 0 Å². The van der Waals surface area contributed by atoms with Crippen molar-refractivity contribution in [3.63, 3.8) is 0 Å². The SMILES string of the molecule is CC.Cc1ccc2c(c1)-c1ccccc1C2. The van der Waals surface area contributed by atoms with Gasteiger partial charge in [-0.2, -0.15) is 0 Å². The third kappa shape index (κ3) is 1.76. The number of aryl methyl sites for hydroxylation is 1. The lowest BCUT2D eigenvalue weighted by Crippen LogP contribution is -1.80. The van der Waals surface area contributed by atoms with E-state index in [2.05, 4.69) is 49.4 Å². The number of rotatable bonds is 0. The van der Waals surface area contributed by atoms with Gasteiger partial charge in [-0.25, -0.2) is 0 Å². The van der Waals surface area contributed by atoms with Gasteiger partial charge in [0.05, 0.1) is 0 Å². The Balaban J connectivity index is 0.000000457. The van der Waals surface area contributed by atoms with Gasteiger partial charge in [0, 0.05) is 0 Å². The van der Waals surface area contributed by atoms with Crippen molar-refractivity contribution in [1.29, 1.82) is 0 Å². The summed E-state index contributed by atoms with van der Waals surface area (Å²) in [6, 6.07) is 15.4. The molecule has 0 amide bonds. The van der Waals surface area contributed by atoms with E-state index in [9.17, 15) is 0 Å². The normalized spacial score (nSPS) is 11.2. The van der Waals surface area contributed by atoms with Crippen molar-refractivity contribution in [3.8, 4) is 11.1 Å². The van der Waals surface area contributed by atoms with E-state index in [0.717, 1.165) is 6.42 Å². The van der Waals surface area contributed by atoms with Gasteiger partial charge in [0.2, 0.25) is 0 Å². The van der Waals surface area contributed by atoms with Crippen molar-refractivity contribution in [3.05, 3.63) is 59.2 Å². The first-order valence-corrected chi connectivity index (χ1v) is 6.02. The van der Waals surface area contributed by atoms with Gasteiger partial charge < -0.3 is 0 Å². The summed E-state index contributed by atoms with van der Waals surface area (Å²) in [5, 5.41) is 0. The fourth-order valence-corrected chi connectivity index (χ4v) is 2.24. The summed E-state index contributed by atoms with van der Waals surface area (Å²) in [6.07, 6.45) is 1.10. The predicted molar refractivity (Wildman–Crippen MR) is 70.8 cm³/mol. The Morgan fingerprint density at radius 3 is 2.31 bits per heavy atom. The molecule has 0 saturated heterocycles. The fraction of sp³-hybridized carbons (Fsp3) is 0.250. The van der Waals surface area contributed by atoms with Crippen LogP contribution in [0.5, 0.6) is 0 Å². The molecule has 0 N–H and O–H groups in total. The average Bonchev–Trinajstić information content (AvgIpc) is 2.70. The maximum Gasteiger partial charge on any atom is -0.00135 e. The van der Waals surface area contributed by atoms with Gasteiger partial charge in [0.15, 0.2) is 0 Å². The van der Waals surface area contributed by atoms with Crippen LogP contribution in [0, 0.1) is 6.92 Å². The van der Waals surface area contributed by atoms with E-state index in [1.807, 2.05) is 13.8 Å². The summed E-state index contributed by atoms with van der Waals surface area (Å²) in [5.74, 6) is 0. The van der Waals surface area contributed by atoms with Crippen molar-refractivity contribution < 1.29 is 0 Å². The van der Waals surface area contributed by atoms with E-state index in [4.69, 9.17) is 0 Å². The highest BCUT2D eigenvalue weighted by Gasteiger charge is 2.16. The molecule has 0 spiro atoms. The monoisotopic (exact) mass is 210 g/mol. The minimum Gasteiger partial charge on any atom is -0.0683 e. The van der Waals surface area contributed by atoms with Gasteiger partial charge in [-0.1, -0.05) is 61.9 Å². The molecule has 0 radical (unpaired) electrons. The zero-order chi connectivity index (χ0) is 11.5. The Morgan fingerprint density at radius 1 is 0.812 bits per heavy atom. The van der Waals surface area contributed by atoms with Crippen LogP contribution >= 0.6 is 0 Å². The molecule has 0 fully saturated rings. The lowest BCUT2D eigenvalue weighted by atomic mass is 10.0. The van der Waals surface area contributed by atoms with Crippen molar-refractivity contribution in [1.82, 2.24) is 0 Å². The first-order valence-electron chi connectivity index (χ1n) is 6.02. The summed E-state index contributed by atoms with van der Waals surface area (Å²) >= 11 is 0. The Bertz CT molecular complexity index is 495. The molecule has 0 atom stereocenters. The summed E-state index contributed by atoms with van der Waals surface area (Å²) < 4.78 is 0. The fourth-order valence-electron chi connectivity index (χ4n) is 2.24. The van der Waals surface area contributed by atoms with Crippen LogP contribution in [0.3, 0.4) is 0 Å². The van der Waals surface area contributed by atoms with Crippen molar-refractivity contribution in [2.45, 2.75) is 27.2 Å². The van der Waals surface area contributed by atoms with Crippen LogP contribution in [0.1, 0.15) is 30.5 Å². The summed E-state index contributed by atoms with van der Waals surface area (Å²) in [4.78, 5) is 0. The van der Waals surface area contributed by atoms with Crippen molar-refractivity contribution in [2.24, 2.45) is 0 Å². The zero-order valence-electron chi connectivity index (χ0n) is 10.2. The molecule has 2 aromatic carbocycles. The van der Waals surface area contributed by atoms with Gasteiger partial charge in [-0.15, -0.1) is 0 Å². The molecule has 2 aromatic rings. The molecule has 0 saturated carbocycles. The average molecular weight is 210 g/mol. The molecule has 0 bridgehead atoms. The van der Waals surface area contributed by atoms with Gasteiger partial charge in [0.1, 0.15) is 0 Å². The van der Waals surface area contributed by atoms with E-state index in [1.54, 1.807) is 0 Å². The third-order valence-electron chi connectivity index (χ3n) is 2.95. The van der Waals surface area contributed by atoms with Crippen LogP contribution in [0.25, 0.3) is 11.1 Å². The summed E-state index contributed by atoms with van der Waals surface area (Å²) in [5.41, 5.74) is 7.14. The van der Waals surface area contributed by atoms with E-state index in [-0.39, 0.29) is 0 Å². The summed E-state index contributed by atoms with van der Waals surface area (Å²) in [7, 11) is 0. The third-order valence-corrected chi connectivity index (χ3v) is 2.95. The van der Waals surface area contributed by atoms with Crippen LogP contribution in [0.2, 0.25) is 0 Å². The van der Waals surface area contributed by atoms with Crippen molar-refractivity contribution in [2.75, 3.05) is 0 Å². The predicted octanol–water partition coefficient (Wildman–Crippen LogP) is 4.59. The highest BCUT2D eigenvalue weighted by Crippen LogP contribution is 2.36. The van der Waals surface area contributed by atoms with E-state index >= 15 is 0 Å². The maximum atomic E-state index is 2.29. The minimum absolute atomic E-state index is 1.10. The van der Waals surface area contributed by atoms with Crippen LogP contribution in [-0.2, 0) is 6.42 Å². The molecule has 0 aromatic heterocycles. The quantitative estimate of drug-likeness (QED) is 0.509. The molecule has 1 aliphatic carbocycles. The second kappa shape index (κ2) is 4.52. The standard InChI is InChI=1S/C14H12.C2H6/c1-10-6-7-12-9-11-4-2-3-5-13(11)14(12)8-10;1-2/h2-8H,9H2,1H3;1-2H3. The number of benzene rings is 2. The number of hydrogen-bond donors (Lipinski definition) is 0. The summed E-state index contributed by atoms with van der Waals surface area (Å²) in [6.45, 7) is 6.15. The molecule has 0 heteroatoms. The van der Waals surface area contributed by atoms with Crippen LogP contribution in [0.15, 0.2) is 42.5 Å². The molecule has 16 heavy (non-hydrogen) atoms. The molecule has 0 heterocycles. The number of fused-ring (bicyclic) bond motifs is 3. The zero-order valence-corrected chi connectivity index (χ0v) is 10.2. The van der Waals surface area contributed by atoms with Gasteiger partial charge >= 0.3 is 0 Å². The Morgan fingerprint density at radius 2 is 1.50 bits per heavy atom. The van der Waals surface area contributed by atoms with Crippen LogP contribution in [-0.4, -0.2) is 0 Å². The first kappa shape index (κ1) is 10.9. The van der Waals surface area contributed by atoms with Crippen LogP contribution < -0.4 is 0 Å². The van der Waals surface area contributed by atoms with Crippen LogP contribution in [0.4, 0.5) is 0 Å². The second-order valence-electron chi connectivity index (χ2n) is 3.99. The van der Waals surface area contributed by atoms with Gasteiger partial charge in [-0.05, 0) is 35.6 Å². The van der Waals surface area contributed by atoms with Gasteiger partial charge in [0.25, 0.3) is 0 Å². The molecule has 82 valence electrons. The Labute approximate surface area is 97.9 Å². The lowest BCUT2D eigenvalue weighted by Gasteiger charge is -2.01. The number of hydrogen-bond acceptors (Lipinski definition) is 0. The smallest absolute Gasteiger partial charge is 0.00135 e. The Kier molecular flexibility index (Phi) is 3.09. The van der Waals surface area contributed by atoms with Crippen molar-refractivity contribution >= 4 is 0 Å². The maximum absolute atomic E-state index is 2.29. The molecule has 0 unspecified atom stereocenters. The Hall–Kier alpha value is -1.56. The molecular weight excluding hydrogens is 192 g/mol. The molecule has 3 rings (SSSR count). The first-order chi connectivity index (χ1) is 7.84. The molecular formula is C16H18. The molecule has 0 nitrogen and oxygen atoms in total. The highest BCUT2D eigenvalue weighted by molar-refractivity contribution is 5.77.